The summed E-state index contributed by atoms with van der Waals surface area (Å²) in [5, 5.41) is 4.50. The van der Waals surface area contributed by atoms with Crippen LogP contribution in [0.25, 0.3) is 11.2 Å². The first-order chi connectivity index (χ1) is 10.2. The Kier molecular flexibility index (Phi) is 4.14. The van der Waals surface area contributed by atoms with Gasteiger partial charge in [-0.15, -0.1) is 0 Å². The Labute approximate surface area is 125 Å². The largest absolute Gasteiger partial charge is 0.376 e. The molecule has 3 rings (SSSR count). The summed E-state index contributed by atoms with van der Waals surface area (Å²) in [4.78, 5) is 4.45. The maximum absolute atomic E-state index is 6.06. The molecule has 2 aromatic heterocycles. The van der Waals surface area contributed by atoms with Crippen LogP contribution in [0.5, 0.6) is 0 Å². The van der Waals surface area contributed by atoms with Gasteiger partial charge in [0, 0.05) is 6.54 Å². The van der Waals surface area contributed by atoms with Gasteiger partial charge >= 0.3 is 0 Å². The number of anilines is 1. The van der Waals surface area contributed by atoms with Crippen LogP contribution in [0.3, 0.4) is 0 Å². The van der Waals surface area contributed by atoms with Gasteiger partial charge in [0.1, 0.15) is 5.52 Å². The number of nitrogen functional groups attached to an aromatic ring is 1. The minimum atomic E-state index is 0.428. The second-order valence-electron chi connectivity index (χ2n) is 5.83. The van der Waals surface area contributed by atoms with Crippen LogP contribution in [0.1, 0.15) is 44.7 Å². The number of hydrogen-bond acceptors (Lipinski definition) is 4. The van der Waals surface area contributed by atoms with Gasteiger partial charge in [0.2, 0.25) is 5.95 Å². The van der Waals surface area contributed by atoms with Crippen molar-refractivity contribution in [3.8, 4) is 0 Å². The molecule has 6 heteroatoms. The number of fused-ring (bicyclic) bond motifs is 1. The zero-order valence-corrected chi connectivity index (χ0v) is 13.0. The lowest BCUT2D eigenvalue weighted by molar-refractivity contribution is 0.0245. The number of imidazole rings is 1. The summed E-state index contributed by atoms with van der Waals surface area (Å²) >= 11 is 0. The predicted octanol–water partition coefficient (Wildman–Crippen LogP) is 2.49. The fourth-order valence-corrected chi connectivity index (χ4v) is 3.22. The van der Waals surface area contributed by atoms with E-state index < -0.39 is 0 Å². The van der Waals surface area contributed by atoms with E-state index in [1.807, 2.05) is 16.2 Å². The van der Waals surface area contributed by atoms with Crippen molar-refractivity contribution in [2.75, 3.05) is 12.3 Å². The van der Waals surface area contributed by atoms with Crippen molar-refractivity contribution in [1.82, 2.24) is 19.3 Å². The van der Waals surface area contributed by atoms with Gasteiger partial charge in [-0.05, 0) is 26.7 Å². The van der Waals surface area contributed by atoms with E-state index in [-0.39, 0.29) is 0 Å². The van der Waals surface area contributed by atoms with Gasteiger partial charge in [-0.1, -0.05) is 19.3 Å². The van der Waals surface area contributed by atoms with E-state index in [1.54, 1.807) is 0 Å². The number of hydrogen-bond donors (Lipinski definition) is 1. The Morgan fingerprint density at radius 2 is 2.05 bits per heavy atom. The maximum atomic E-state index is 6.06. The first-order valence-corrected chi connectivity index (χ1v) is 8.01. The van der Waals surface area contributed by atoms with Gasteiger partial charge < -0.3 is 10.5 Å². The van der Waals surface area contributed by atoms with Crippen molar-refractivity contribution in [2.45, 2.75) is 65.1 Å². The van der Waals surface area contributed by atoms with E-state index >= 15 is 0 Å². The predicted molar refractivity (Wildman–Crippen MR) is 83.2 cm³/mol. The Balaban J connectivity index is 1.72. The quantitative estimate of drug-likeness (QED) is 0.918. The van der Waals surface area contributed by atoms with Gasteiger partial charge in [0.05, 0.1) is 24.9 Å². The highest BCUT2D eigenvalue weighted by molar-refractivity contribution is 5.77. The summed E-state index contributed by atoms with van der Waals surface area (Å²) in [6.07, 6.45) is 6.76. The Morgan fingerprint density at radius 3 is 2.76 bits per heavy atom. The Bertz CT molecular complexity index is 609. The average Bonchev–Trinajstić information content (AvgIpc) is 2.98. The highest BCUT2D eigenvalue weighted by Gasteiger charge is 2.18. The molecule has 1 aliphatic rings. The molecule has 2 N–H and O–H groups in total. The molecule has 6 nitrogen and oxygen atoms in total. The molecule has 0 spiro atoms. The standard InChI is InChI=1S/C15H25N5O/c1-3-20-14-13(11(2)18-20)17-15(16)19(14)9-10-21-12-7-5-4-6-8-12/h12H,3-10H2,1-2H3,(H2,16,17). The van der Waals surface area contributed by atoms with Crippen LogP contribution in [0.4, 0.5) is 5.95 Å². The number of rotatable bonds is 5. The second-order valence-corrected chi connectivity index (χ2v) is 5.83. The third-order valence-corrected chi connectivity index (χ3v) is 4.35. The topological polar surface area (TPSA) is 70.9 Å². The van der Waals surface area contributed by atoms with E-state index in [1.165, 1.54) is 32.1 Å². The van der Waals surface area contributed by atoms with Gasteiger partial charge in [0.25, 0.3) is 0 Å². The molecule has 0 bridgehead atoms. The fourth-order valence-electron chi connectivity index (χ4n) is 3.22. The van der Waals surface area contributed by atoms with E-state index in [4.69, 9.17) is 10.5 Å². The van der Waals surface area contributed by atoms with Crippen molar-refractivity contribution < 1.29 is 4.74 Å². The molecule has 1 fully saturated rings. The van der Waals surface area contributed by atoms with Crippen LogP contribution in [-0.4, -0.2) is 32.0 Å². The third kappa shape index (κ3) is 2.77. The number of ether oxygens (including phenoxy) is 1. The van der Waals surface area contributed by atoms with Gasteiger partial charge in [-0.2, -0.15) is 5.10 Å². The smallest absolute Gasteiger partial charge is 0.202 e. The lowest BCUT2D eigenvalue weighted by atomic mass is 9.98. The zero-order chi connectivity index (χ0) is 14.8. The first kappa shape index (κ1) is 14.4. The van der Waals surface area contributed by atoms with E-state index in [9.17, 15) is 0 Å². The molecule has 0 aliphatic heterocycles. The summed E-state index contributed by atoms with van der Waals surface area (Å²) in [6.45, 7) is 6.30. The van der Waals surface area contributed by atoms with Crippen molar-refractivity contribution in [2.24, 2.45) is 0 Å². The normalized spacial score (nSPS) is 16.9. The third-order valence-electron chi connectivity index (χ3n) is 4.35. The lowest BCUT2D eigenvalue weighted by Gasteiger charge is -2.22. The summed E-state index contributed by atoms with van der Waals surface area (Å²) in [7, 11) is 0. The zero-order valence-electron chi connectivity index (χ0n) is 13.0. The highest BCUT2D eigenvalue weighted by atomic mass is 16.5. The molecule has 2 aromatic rings. The first-order valence-electron chi connectivity index (χ1n) is 8.01. The molecule has 1 aliphatic carbocycles. The highest BCUT2D eigenvalue weighted by Crippen LogP contribution is 2.22. The lowest BCUT2D eigenvalue weighted by Crippen LogP contribution is -2.20. The molecule has 2 heterocycles. The molecule has 21 heavy (non-hydrogen) atoms. The molecule has 1 saturated carbocycles. The van der Waals surface area contributed by atoms with E-state index in [0.29, 0.717) is 18.7 Å². The molecule has 0 radical (unpaired) electrons. The van der Waals surface area contributed by atoms with Crippen LogP contribution in [-0.2, 0) is 17.8 Å². The molecule has 116 valence electrons. The van der Waals surface area contributed by atoms with Crippen LogP contribution < -0.4 is 5.73 Å². The summed E-state index contributed by atoms with van der Waals surface area (Å²) in [5.41, 5.74) is 8.92. The molecular formula is C15H25N5O. The van der Waals surface area contributed by atoms with Gasteiger partial charge in [-0.3, -0.25) is 4.57 Å². The molecule has 0 aromatic carbocycles. The fraction of sp³-hybridized carbons (Fsp3) is 0.733. The molecular weight excluding hydrogens is 266 g/mol. The van der Waals surface area contributed by atoms with E-state index in [0.717, 1.165) is 29.9 Å². The maximum Gasteiger partial charge on any atom is 0.202 e. The molecule has 0 amide bonds. The van der Waals surface area contributed by atoms with Crippen molar-refractivity contribution in [1.29, 1.82) is 0 Å². The van der Waals surface area contributed by atoms with Crippen LogP contribution in [0, 0.1) is 6.92 Å². The van der Waals surface area contributed by atoms with Gasteiger partial charge in [-0.25, -0.2) is 9.67 Å². The van der Waals surface area contributed by atoms with E-state index in [2.05, 4.69) is 17.0 Å². The number of aryl methyl sites for hydroxylation is 2. The summed E-state index contributed by atoms with van der Waals surface area (Å²) in [6, 6.07) is 0. The SMILES string of the molecule is CCn1nc(C)c2nc(N)n(CCOC3CCCCC3)c21. The number of nitrogens with two attached hydrogens (primary N) is 1. The second kappa shape index (κ2) is 6.05. The van der Waals surface area contributed by atoms with Crippen LogP contribution in [0.2, 0.25) is 0 Å². The summed E-state index contributed by atoms with van der Waals surface area (Å²) < 4.78 is 10.0. The van der Waals surface area contributed by atoms with Gasteiger partial charge in [0.15, 0.2) is 5.65 Å². The average molecular weight is 291 g/mol. The Hall–Kier alpha value is -1.56. The monoisotopic (exact) mass is 291 g/mol. The van der Waals surface area contributed by atoms with Crippen molar-refractivity contribution in [3.05, 3.63) is 5.69 Å². The van der Waals surface area contributed by atoms with Crippen LogP contribution >= 0.6 is 0 Å². The molecule has 0 atom stereocenters. The molecule has 0 saturated heterocycles. The van der Waals surface area contributed by atoms with Crippen LogP contribution in [0.15, 0.2) is 0 Å². The summed E-state index contributed by atoms with van der Waals surface area (Å²) in [5.74, 6) is 0.556. The van der Waals surface area contributed by atoms with Crippen molar-refractivity contribution >= 4 is 17.1 Å². The number of nitrogens with zero attached hydrogens (tertiary/aromatic N) is 4. The minimum Gasteiger partial charge on any atom is -0.376 e. The minimum absolute atomic E-state index is 0.428. The Morgan fingerprint density at radius 1 is 1.29 bits per heavy atom. The van der Waals surface area contributed by atoms with Crippen molar-refractivity contribution in [3.63, 3.8) is 0 Å². The number of aromatic nitrogens is 4. The molecule has 0 unspecified atom stereocenters.